The Bertz CT molecular complexity index is 532. The fourth-order valence-electron chi connectivity index (χ4n) is 2.27. The first-order valence-electron chi connectivity index (χ1n) is 7.23. The van der Waals surface area contributed by atoms with Gasteiger partial charge >= 0.3 is 0 Å². The van der Waals surface area contributed by atoms with Gasteiger partial charge in [0.1, 0.15) is 0 Å². The van der Waals surface area contributed by atoms with Crippen LogP contribution in [0, 0.1) is 0 Å². The largest absolute Gasteiger partial charge is 0.370 e. The topological polar surface area (TPSA) is 28.2 Å². The van der Waals surface area contributed by atoms with Gasteiger partial charge in [-0.05, 0) is 42.2 Å². The number of aromatic nitrogens is 1. The van der Waals surface area contributed by atoms with Crippen LogP contribution in [0.1, 0.15) is 24.0 Å². The van der Waals surface area contributed by atoms with Gasteiger partial charge in [-0.1, -0.05) is 18.2 Å². The summed E-state index contributed by atoms with van der Waals surface area (Å²) in [7, 11) is 2.12. The number of benzene rings is 1. The first-order valence-corrected chi connectivity index (χ1v) is 7.23. The minimum Gasteiger partial charge on any atom is -0.370 e. The average Bonchev–Trinajstić information content (AvgIpc) is 3.31. The van der Waals surface area contributed by atoms with Crippen LogP contribution in [0.2, 0.25) is 0 Å². The van der Waals surface area contributed by atoms with Crippen LogP contribution in [0.15, 0.2) is 48.8 Å². The van der Waals surface area contributed by atoms with Gasteiger partial charge in [0.15, 0.2) is 0 Å². The summed E-state index contributed by atoms with van der Waals surface area (Å²) in [5, 5.41) is 3.54. The smallest absolute Gasteiger partial charge is 0.0441 e. The lowest BCUT2D eigenvalue weighted by Crippen LogP contribution is -2.17. The maximum absolute atomic E-state index is 4.16. The predicted octanol–water partition coefficient (Wildman–Crippen LogP) is 2.97. The Morgan fingerprint density at radius 3 is 2.60 bits per heavy atom. The Kier molecular flexibility index (Phi) is 3.97. The first-order chi connectivity index (χ1) is 9.81. The fraction of sp³-hybridized carbons (Fsp3) is 0.353. The van der Waals surface area contributed by atoms with Crippen LogP contribution in [0.25, 0.3) is 0 Å². The van der Waals surface area contributed by atoms with E-state index in [9.17, 15) is 0 Å². The molecule has 1 saturated carbocycles. The number of pyridine rings is 1. The minimum atomic E-state index is 0.767. The van der Waals surface area contributed by atoms with E-state index in [1.807, 2.05) is 18.5 Å². The van der Waals surface area contributed by atoms with Gasteiger partial charge in [0.05, 0.1) is 0 Å². The number of nitrogens with one attached hydrogen (secondary N) is 1. The summed E-state index contributed by atoms with van der Waals surface area (Å²) >= 11 is 0. The molecule has 1 aromatic heterocycles. The van der Waals surface area contributed by atoms with Gasteiger partial charge in [0.2, 0.25) is 0 Å². The van der Waals surface area contributed by atoms with Crippen LogP contribution in [-0.2, 0) is 13.1 Å². The maximum atomic E-state index is 4.16. The van der Waals surface area contributed by atoms with Gasteiger partial charge in [-0.3, -0.25) is 4.98 Å². The Balaban J connectivity index is 1.58. The number of anilines is 1. The molecule has 0 saturated heterocycles. The van der Waals surface area contributed by atoms with Gasteiger partial charge in [0, 0.05) is 44.3 Å². The van der Waals surface area contributed by atoms with Gasteiger partial charge in [0.25, 0.3) is 0 Å². The average molecular weight is 267 g/mol. The molecule has 3 nitrogen and oxygen atoms in total. The van der Waals surface area contributed by atoms with E-state index in [4.69, 9.17) is 0 Å². The van der Waals surface area contributed by atoms with Crippen LogP contribution < -0.4 is 10.2 Å². The summed E-state index contributed by atoms with van der Waals surface area (Å²) in [6.07, 6.45) is 6.41. The molecule has 0 unspecified atom stereocenters. The van der Waals surface area contributed by atoms with Crippen molar-refractivity contribution < 1.29 is 0 Å². The van der Waals surface area contributed by atoms with E-state index >= 15 is 0 Å². The summed E-state index contributed by atoms with van der Waals surface area (Å²) in [5.41, 5.74) is 3.83. The summed E-state index contributed by atoms with van der Waals surface area (Å²) < 4.78 is 0. The molecule has 3 rings (SSSR count). The van der Waals surface area contributed by atoms with Crippen molar-refractivity contribution in [1.82, 2.24) is 10.3 Å². The number of hydrogen-bond donors (Lipinski definition) is 1. The van der Waals surface area contributed by atoms with Gasteiger partial charge in [-0.15, -0.1) is 0 Å². The van der Waals surface area contributed by atoms with Crippen molar-refractivity contribution in [3.63, 3.8) is 0 Å². The highest BCUT2D eigenvalue weighted by Crippen LogP contribution is 2.20. The first kappa shape index (κ1) is 13.1. The van der Waals surface area contributed by atoms with Crippen molar-refractivity contribution in [3.05, 3.63) is 59.9 Å². The second kappa shape index (κ2) is 6.06. The second-order valence-corrected chi connectivity index (χ2v) is 5.54. The van der Waals surface area contributed by atoms with Crippen LogP contribution in [0.4, 0.5) is 5.69 Å². The van der Waals surface area contributed by atoms with Crippen molar-refractivity contribution in [2.24, 2.45) is 0 Å². The van der Waals surface area contributed by atoms with Crippen LogP contribution >= 0.6 is 0 Å². The molecule has 1 fully saturated rings. The molecule has 1 aliphatic rings. The molecule has 1 aliphatic carbocycles. The summed E-state index contributed by atoms with van der Waals surface area (Å²) in [6, 6.07) is 13.7. The standard InChI is InChI=1S/C17H21N3/c1-20(13-15-3-2-10-18-11-15)17-8-4-14(5-9-17)12-19-16-6-7-16/h2-5,8-11,16,19H,6-7,12-13H2,1H3. The molecule has 0 aliphatic heterocycles. The molecule has 0 amide bonds. The highest BCUT2D eigenvalue weighted by atomic mass is 15.1. The zero-order valence-electron chi connectivity index (χ0n) is 11.9. The van der Waals surface area contributed by atoms with E-state index in [0.29, 0.717) is 0 Å². The van der Waals surface area contributed by atoms with Crippen LogP contribution in [0.5, 0.6) is 0 Å². The summed E-state index contributed by atoms with van der Waals surface area (Å²) in [5.74, 6) is 0. The molecular weight excluding hydrogens is 246 g/mol. The third kappa shape index (κ3) is 3.58. The fourth-order valence-corrected chi connectivity index (χ4v) is 2.27. The monoisotopic (exact) mass is 267 g/mol. The number of nitrogens with zero attached hydrogens (tertiary/aromatic N) is 2. The van der Waals surface area contributed by atoms with E-state index in [2.05, 4.69) is 52.6 Å². The van der Waals surface area contributed by atoms with E-state index in [1.165, 1.54) is 29.7 Å². The molecule has 0 radical (unpaired) electrons. The lowest BCUT2D eigenvalue weighted by Gasteiger charge is -2.19. The molecular formula is C17H21N3. The van der Waals surface area contributed by atoms with Gasteiger partial charge < -0.3 is 10.2 Å². The molecule has 3 heteroatoms. The molecule has 1 heterocycles. The zero-order valence-corrected chi connectivity index (χ0v) is 11.9. The van der Waals surface area contributed by atoms with Gasteiger partial charge in [-0.2, -0.15) is 0 Å². The molecule has 104 valence electrons. The van der Waals surface area contributed by atoms with E-state index in [0.717, 1.165) is 19.1 Å². The quantitative estimate of drug-likeness (QED) is 0.872. The normalized spacial score (nSPS) is 14.2. The van der Waals surface area contributed by atoms with Crippen molar-refractivity contribution in [2.45, 2.75) is 32.0 Å². The molecule has 1 N–H and O–H groups in total. The molecule has 0 spiro atoms. The van der Waals surface area contributed by atoms with Crippen molar-refractivity contribution in [3.8, 4) is 0 Å². The minimum absolute atomic E-state index is 0.767. The second-order valence-electron chi connectivity index (χ2n) is 5.54. The lowest BCUT2D eigenvalue weighted by atomic mass is 10.2. The summed E-state index contributed by atoms with van der Waals surface area (Å²) in [6.45, 7) is 1.87. The highest BCUT2D eigenvalue weighted by molar-refractivity contribution is 5.47. The Morgan fingerprint density at radius 1 is 1.15 bits per heavy atom. The van der Waals surface area contributed by atoms with E-state index in [-0.39, 0.29) is 0 Å². The zero-order chi connectivity index (χ0) is 13.8. The third-order valence-electron chi connectivity index (χ3n) is 3.69. The number of rotatable bonds is 6. The molecule has 0 atom stereocenters. The Hall–Kier alpha value is -1.87. The van der Waals surface area contributed by atoms with Crippen molar-refractivity contribution >= 4 is 5.69 Å². The van der Waals surface area contributed by atoms with Crippen LogP contribution in [0.3, 0.4) is 0 Å². The van der Waals surface area contributed by atoms with Crippen molar-refractivity contribution in [1.29, 1.82) is 0 Å². The third-order valence-corrected chi connectivity index (χ3v) is 3.69. The van der Waals surface area contributed by atoms with Crippen molar-refractivity contribution in [2.75, 3.05) is 11.9 Å². The highest BCUT2D eigenvalue weighted by Gasteiger charge is 2.19. The molecule has 1 aromatic carbocycles. The summed E-state index contributed by atoms with van der Waals surface area (Å²) in [4.78, 5) is 6.40. The Morgan fingerprint density at radius 2 is 1.95 bits per heavy atom. The van der Waals surface area contributed by atoms with E-state index < -0.39 is 0 Å². The molecule has 20 heavy (non-hydrogen) atoms. The SMILES string of the molecule is CN(Cc1cccnc1)c1ccc(CNC2CC2)cc1. The van der Waals surface area contributed by atoms with Crippen LogP contribution in [-0.4, -0.2) is 18.1 Å². The molecule has 2 aromatic rings. The Labute approximate surface area is 120 Å². The maximum Gasteiger partial charge on any atom is 0.0441 e. The lowest BCUT2D eigenvalue weighted by molar-refractivity contribution is 0.688. The van der Waals surface area contributed by atoms with E-state index in [1.54, 1.807) is 0 Å². The number of hydrogen-bond acceptors (Lipinski definition) is 3. The predicted molar refractivity (Wildman–Crippen MR) is 82.6 cm³/mol. The van der Waals surface area contributed by atoms with Gasteiger partial charge in [-0.25, -0.2) is 0 Å². The molecule has 0 bridgehead atoms.